The van der Waals surface area contributed by atoms with Gasteiger partial charge in [-0.1, -0.05) is 6.42 Å². The lowest BCUT2D eigenvalue weighted by Crippen LogP contribution is -2.40. The summed E-state index contributed by atoms with van der Waals surface area (Å²) in [7, 11) is -2.99. The first-order chi connectivity index (χ1) is 9.70. The van der Waals surface area contributed by atoms with Crippen LogP contribution < -0.4 is 5.32 Å². The maximum Gasteiger partial charge on any atom is 0.326 e. The van der Waals surface area contributed by atoms with E-state index in [9.17, 15) is 18.0 Å². The number of nitrogens with one attached hydrogen (secondary N) is 1. The summed E-state index contributed by atoms with van der Waals surface area (Å²) in [6.07, 6.45) is 4.85. The lowest BCUT2D eigenvalue weighted by Gasteiger charge is -2.27. The standard InChI is InChI=1S/C13H23NO5S2/c1-9(15)14-12(13(16)17)6-7-20-10-4-3-5-11(8-10)21(2,18)19/h10-12H,3-8H2,1-2H3,(H,14,15)(H,16,17). The van der Waals surface area contributed by atoms with Gasteiger partial charge in [-0.3, -0.25) is 4.79 Å². The van der Waals surface area contributed by atoms with Gasteiger partial charge in [0, 0.05) is 18.4 Å². The van der Waals surface area contributed by atoms with E-state index in [1.807, 2.05) is 0 Å². The second kappa shape index (κ2) is 8.03. The molecule has 0 aliphatic heterocycles. The summed E-state index contributed by atoms with van der Waals surface area (Å²) in [6, 6.07) is -0.871. The molecule has 0 bridgehead atoms. The lowest BCUT2D eigenvalue weighted by atomic mass is 10.00. The summed E-state index contributed by atoms with van der Waals surface area (Å²) < 4.78 is 23.2. The van der Waals surface area contributed by atoms with E-state index in [4.69, 9.17) is 5.11 Å². The van der Waals surface area contributed by atoms with E-state index in [1.54, 1.807) is 11.8 Å². The Hall–Kier alpha value is -0.760. The number of carbonyl (C=O) groups excluding carboxylic acids is 1. The van der Waals surface area contributed by atoms with E-state index in [0.717, 1.165) is 19.3 Å². The van der Waals surface area contributed by atoms with Crippen molar-refractivity contribution in [3.8, 4) is 0 Å². The van der Waals surface area contributed by atoms with E-state index in [-0.39, 0.29) is 16.4 Å². The van der Waals surface area contributed by atoms with E-state index < -0.39 is 21.8 Å². The Labute approximate surface area is 130 Å². The molecular weight excluding hydrogens is 314 g/mol. The van der Waals surface area contributed by atoms with Crippen LogP contribution in [-0.2, 0) is 19.4 Å². The molecule has 6 nitrogen and oxygen atoms in total. The molecule has 0 heterocycles. The summed E-state index contributed by atoms with van der Waals surface area (Å²) in [5.74, 6) is -0.802. The molecule has 0 aromatic rings. The van der Waals surface area contributed by atoms with Crippen molar-refractivity contribution in [3.05, 3.63) is 0 Å². The minimum atomic E-state index is -2.99. The van der Waals surface area contributed by atoms with Crippen LogP contribution in [0.2, 0.25) is 0 Å². The fraction of sp³-hybridized carbons (Fsp3) is 0.846. The monoisotopic (exact) mass is 337 g/mol. The van der Waals surface area contributed by atoms with Crippen molar-refractivity contribution in [1.82, 2.24) is 5.32 Å². The first-order valence-electron chi connectivity index (χ1n) is 7.00. The third-order valence-corrected chi connectivity index (χ3v) is 6.63. The number of hydrogen-bond acceptors (Lipinski definition) is 5. The number of sulfone groups is 1. The zero-order valence-electron chi connectivity index (χ0n) is 12.4. The van der Waals surface area contributed by atoms with E-state index in [2.05, 4.69) is 5.32 Å². The van der Waals surface area contributed by atoms with E-state index in [1.165, 1.54) is 13.2 Å². The summed E-state index contributed by atoms with van der Waals surface area (Å²) in [5, 5.41) is 11.4. The molecule has 122 valence electrons. The van der Waals surface area contributed by atoms with Crippen LogP contribution in [0.5, 0.6) is 0 Å². The number of rotatable bonds is 7. The fourth-order valence-electron chi connectivity index (χ4n) is 2.50. The van der Waals surface area contributed by atoms with Crippen LogP contribution in [0.25, 0.3) is 0 Å². The third kappa shape index (κ3) is 6.69. The molecule has 2 N–H and O–H groups in total. The molecule has 8 heteroatoms. The molecule has 3 unspecified atom stereocenters. The van der Waals surface area contributed by atoms with Gasteiger partial charge in [-0.25, -0.2) is 13.2 Å². The van der Waals surface area contributed by atoms with Gasteiger partial charge in [-0.15, -0.1) is 0 Å². The zero-order valence-corrected chi connectivity index (χ0v) is 14.0. The molecule has 0 saturated heterocycles. The Morgan fingerprint density at radius 1 is 1.38 bits per heavy atom. The van der Waals surface area contributed by atoms with Gasteiger partial charge in [-0.2, -0.15) is 11.8 Å². The summed E-state index contributed by atoms with van der Waals surface area (Å²) in [5.41, 5.74) is 0. The molecule has 1 aliphatic carbocycles. The molecule has 0 aromatic heterocycles. The second-order valence-electron chi connectivity index (χ2n) is 5.49. The maximum absolute atomic E-state index is 11.6. The Kier molecular flexibility index (Phi) is 6.99. The number of amides is 1. The first kappa shape index (κ1) is 18.3. The van der Waals surface area contributed by atoms with Crippen molar-refractivity contribution in [2.24, 2.45) is 0 Å². The number of carbonyl (C=O) groups is 2. The number of carboxylic acid groups (broad SMARTS) is 1. The van der Waals surface area contributed by atoms with Crippen molar-refractivity contribution < 1.29 is 23.1 Å². The normalized spacial score (nSPS) is 24.3. The Bertz CT molecular complexity index is 477. The van der Waals surface area contributed by atoms with Gasteiger partial charge in [0.05, 0.1) is 5.25 Å². The average molecular weight is 337 g/mol. The van der Waals surface area contributed by atoms with E-state index >= 15 is 0 Å². The van der Waals surface area contributed by atoms with E-state index in [0.29, 0.717) is 18.6 Å². The molecule has 1 rings (SSSR count). The Balaban J connectivity index is 2.40. The quantitative estimate of drug-likeness (QED) is 0.720. The van der Waals surface area contributed by atoms with Crippen molar-refractivity contribution in [2.75, 3.05) is 12.0 Å². The molecular formula is C13H23NO5S2. The third-order valence-electron chi connectivity index (χ3n) is 3.62. The van der Waals surface area contributed by atoms with Crippen LogP contribution in [0.3, 0.4) is 0 Å². The molecule has 1 aliphatic rings. The van der Waals surface area contributed by atoms with Gasteiger partial charge in [0.1, 0.15) is 15.9 Å². The Morgan fingerprint density at radius 3 is 2.57 bits per heavy atom. The molecule has 1 fully saturated rings. The van der Waals surface area contributed by atoms with Crippen LogP contribution >= 0.6 is 11.8 Å². The minimum Gasteiger partial charge on any atom is -0.480 e. The maximum atomic E-state index is 11.6. The topological polar surface area (TPSA) is 101 Å². The van der Waals surface area contributed by atoms with Crippen molar-refractivity contribution in [3.63, 3.8) is 0 Å². The number of carboxylic acids is 1. The number of aliphatic carboxylic acids is 1. The highest BCUT2D eigenvalue weighted by atomic mass is 32.2. The van der Waals surface area contributed by atoms with Gasteiger partial charge in [0.2, 0.25) is 5.91 Å². The Morgan fingerprint density at radius 2 is 2.05 bits per heavy atom. The van der Waals surface area contributed by atoms with Gasteiger partial charge >= 0.3 is 5.97 Å². The SMILES string of the molecule is CC(=O)NC(CCSC1CCCC(S(C)(=O)=O)C1)C(=O)O. The smallest absolute Gasteiger partial charge is 0.326 e. The van der Waals surface area contributed by atoms with Crippen molar-refractivity contribution in [1.29, 1.82) is 0 Å². The largest absolute Gasteiger partial charge is 0.480 e. The first-order valence-corrected chi connectivity index (χ1v) is 10.0. The van der Waals surface area contributed by atoms with Crippen molar-refractivity contribution >= 4 is 33.5 Å². The predicted octanol–water partition coefficient (Wildman–Crippen LogP) is 1.05. The molecule has 1 amide bonds. The highest BCUT2D eigenvalue weighted by molar-refractivity contribution is 8.00. The van der Waals surface area contributed by atoms with Crippen molar-refractivity contribution in [2.45, 2.75) is 55.6 Å². The van der Waals surface area contributed by atoms with Gasteiger partial charge in [0.15, 0.2) is 0 Å². The molecule has 3 atom stereocenters. The molecule has 0 spiro atoms. The average Bonchev–Trinajstić information content (AvgIpc) is 2.36. The highest BCUT2D eigenvalue weighted by Crippen LogP contribution is 2.32. The van der Waals surface area contributed by atoms with Crippen LogP contribution in [0, 0.1) is 0 Å². The molecule has 21 heavy (non-hydrogen) atoms. The highest BCUT2D eigenvalue weighted by Gasteiger charge is 2.29. The summed E-state index contributed by atoms with van der Waals surface area (Å²) in [6.45, 7) is 1.29. The number of hydrogen-bond donors (Lipinski definition) is 2. The molecule has 0 aromatic carbocycles. The molecule has 1 saturated carbocycles. The van der Waals surface area contributed by atoms with Gasteiger partial charge in [-0.05, 0) is 31.4 Å². The summed E-state index contributed by atoms with van der Waals surface area (Å²) in [4.78, 5) is 21.9. The predicted molar refractivity (Wildman–Crippen MR) is 83.2 cm³/mol. The van der Waals surface area contributed by atoms with Crippen LogP contribution in [0.15, 0.2) is 0 Å². The van der Waals surface area contributed by atoms with Crippen LogP contribution in [-0.4, -0.2) is 54.0 Å². The van der Waals surface area contributed by atoms with Crippen LogP contribution in [0.1, 0.15) is 39.0 Å². The van der Waals surface area contributed by atoms with Gasteiger partial charge < -0.3 is 10.4 Å². The number of thioether (sulfide) groups is 1. The van der Waals surface area contributed by atoms with Gasteiger partial charge in [0.25, 0.3) is 0 Å². The lowest BCUT2D eigenvalue weighted by molar-refractivity contribution is -0.141. The summed E-state index contributed by atoms with van der Waals surface area (Å²) >= 11 is 1.61. The van der Waals surface area contributed by atoms with Crippen LogP contribution in [0.4, 0.5) is 0 Å². The second-order valence-corrected chi connectivity index (χ2v) is 9.22. The minimum absolute atomic E-state index is 0.255. The molecule has 0 radical (unpaired) electrons. The fourth-order valence-corrected chi connectivity index (χ4v) is 5.20. The zero-order chi connectivity index (χ0) is 16.0.